The summed E-state index contributed by atoms with van der Waals surface area (Å²) in [5.41, 5.74) is 0.366. The first-order valence-corrected chi connectivity index (χ1v) is 9.72. The van der Waals surface area contributed by atoms with Gasteiger partial charge in [0.2, 0.25) is 5.76 Å². The van der Waals surface area contributed by atoms with E-state index in [1.165, 1.54) is 46.5 Å². The van der Waals surface area contributed by atoms with E-state index in [0.29, 0.717) is 11.3 Å². The summed E-state index contributed by atoms with van der Waals surface area (Å²) < 4.78 is 25.6. The zero-order chi connectivity index (χ0) is 24.1. The lowest BCUT2D eigenvalue weighted by atomic mass is 10.1. The zero-order valence-electron chi connectivity index (χ0n) is 18.4. The summed E-state index contributed by atoms with van der Waals surface area (Å²) in [7, 11) is 3.88. The Morgan fingerprint density at radius 2 is 1.88 bits per heavy atom. The molecule has 0 unspecified atom stereocenters. The van der Waals surface area contributed by atoms with Crippen molar-refractivity contribution in [3.05, 3.63) is 53.1 Å². The number of carbonyl (C=O) groups is 4. The second kappa shape index (κ2) is 9.90. The van der Waals surface area contributed by atoms with Gasteiger partial charge in [0.05, 0.1) is 27.9 Å². The van der Waals surface area contributed by atoms with Crippen LogP contribution in [0.4, 0.5) is 4.79 Å². The molecule has 0 radical (unpaired) electrons. The molecular formula is C22H22N2O9. The molecule has 11 heteroatoms. The van der Waals surface area contributed by atoms with Crippen molar-refractivity contribution in [2.24, 2.45) is 0 Å². The van der Waals surface area contributed by atoms with Crippen LogP contribution in [0.2, 0.25) is 0 Å². The Morgan fingerprint density at radius 3 is 2.55 bits per heavy atom. The highest BCUT2D eigenvalue weighted by Crippen LogP contribution is 2.34. The summed E-state index contributed by atoms with van der Waals surface area (Å²) >= 11 is 0. The number of nitrogens with zero attached hydrogens (tertiary/aromatic N) is 1. The van der Waals surface area contributed by atoms with E-state index in [-0.39, 0.29) is 29.5 Å². The number of hydrogen-bond acceptors (Lipinski definition) is 9. The molecule has 2 aromatic rings. The number of hydrogen-bond donors (Lipinski definition) is 1. The average Bonchev–Trinajstić information content (AvgIpc) is 3.39. The van der Waals surface area contributed by atoms with Gasteiger partial charge in [0, 0.05) is 5.56 Å². The third-order valence-electron chi connectivity index (χ3n) is 4.68. The standard InChI is InChI=1S/C22H22N2O9/c1-12(20(26)30-3)32-18-13(6-5-7-16(18)29-2)10-15-19(25)24(22(28)23-15)11-14-8-9-17(33-14)21(27)31-4/h5-10,12H,11H2,1-4H3,(H,23,28)/b15-10+/t12-/m0/s1. The molecule has 33 heavy (non-hydrogen) atoms. The second-order valence-electron chi connectivity index (χ2n) is 6.80. The van der Waals surface area contributed by atoms with E-state index in [2.05, 4.69) is 14.8 Å². The molecule has 1 N–H and O–H groups in total. The van der Waals surface area contributed by atoms with Gasteiger partial charge in [-0.1, -0.05) is 12.1 Å². The third-order valence-corrected chi connectivity index (χ3v) is 4.68. The molecule has 11 nitrogen and oxygen atoms in total. The van der Waals surface area contributed by atoms with Crippen LogP contribution in [0.1, 0.15) is 28.8 Å². The van der Waals surface area contributed by atoms with Gasteiger partial charge in [0.1, 0.15) is 11.5 Å². The van der Waals surface area contributed by atoms with Crippen LogP contribution in [0.25, 0.3) is 6.08 Å². The largest absolute Gasteiger partial charge is 0.493 e. The summed E-state index contributed by atoms with van der Waals surface area (Å²) in [5.74, 6) is -1.21. The fourth-order valence-electron chi connectivity index (χ4n) is 3.02. The van der Waals surface area contributed by atoms with Gasteiger partial charge in [-0.2, -0.15) is 0 Å². The van der Waals surface area contributed by atoms with E-state index >= 15 is 0 Å². The van der Waals surface area contributed by atoms with Gasteiger partial charge in [-0.25, -0.2) is 14.4 Å². The quantitative estimate of drug-likeness (QED) is 0.359. The van der Waals surface area contributed by atoms with Gasteiger partial charge in [-0.05, 0) is 31.2 Å². The van der Waals surface area contributed by atoms with Crippen molar-refractivity contribution in [2.75, 3.05) is 21.3 Å². The molecule has 1 aliphatic rings. The molecule has 3 rings (SSSR count). The Bertz CT molecular complexity index is 1120. The van der Waals surface area contributed by atoms with Gasteiger partial charge >= 0.3 is 18.0 Å². The number of para-hydroxylation sites is 1. The first-order valence-electron chi connectivity index (χ1n) is 9.72. The third kappa shape index (κ3) is 4.97. The fourth-order valence-corrected chi connectivity index (χ4v) is 3.02. The zero-order valence-corrected chi connectivity index (χ0v) is 18.4. The van der Waals surface area contributed by atoms with Crippen LogP contribution in [0.3, 0.4) is 0 Å². The highest BCUT2D eigenvalue weighted by Gasteiger charge is 2.35. The van der Waals surface area contributed by atoms with Crippen molar-refractivity contribution in [2.45, 2.75) is 19.6 Å². The number of esters is 2. The van der Waals surface area contributed by atoms with E-state index in [0.717, 1.165) is 4.90 Å². The maximum absolute atomic E-state index is 12.9. The molecule has 1 fully saturated rings. The topological polar surface area (TPSA) is 134 Å². The predicted molar refractivity (Wildman–Crippen MR) is 112 cm³/mol. The van der Waals surface area contributed by atoms with Crippen molar-refractivity contribution in [3.63, 3.8) is 0 Å². The number of furan rings is 1. The smallest absolute Gasteiger partial charge is 0.373 e. The SMILES string of the molecule is COC(=O)c1ccc(CN2C(=O)N/C(=C/c3cccc(OC)c3O[C@@H](C)C(=O)OC)C2=O)o1. The number of methoxy groups -OCH3 is 3. The summed E-state index contributed by atoms with van der Waals surface area (Å²) in [6.07, 6.45) is 0.459. The number of urea groups is 1. The Morgan fingerprint density at radius 1 is 1.12 bits per heavy atom. The highest BCUT2D eigenvalue weighted by atomic mass is 16.6. The van der Waals surface area contributed by atoms with E-state index in [4.69, 9.17) is 13.9 Å². The lowest BCUT2D eigenvalue weighted by Gasteiger charge is -2.17. The Balaban J connectivity index is 1.86. The fraction of sp³-hybridized carbons (Fsp3) is 0.273. The molecule has 174 valence electrons. The number of carbonyl (C=O) groups excluding carboxylic acids is 4. The number of ether oxygens (including phenoxy) is 4. The van der Waals surface area contributed by atoms with Gasteiger partial charge < -0.3 is 28.7 Å². The summed E-state index contributed by atoms with van der Waals surface area (Å²) in [5, 5.41) is 2.49. The molecule has 1 atom stereocenters. The van der Waals surface area contributed by atoms with Crippen LogP contribution in [0.5, 0.6) is 11.5 Å². The van der Waals surface area contributed by atoms with Crippen molar-refractivity contribution in [3.8, 4) is 11.5 Å². The maximum atomic E-state index is 12.9. The average molecular weight is 458 g/mol. The molecule has 0 saturated carbocycles. The minimum Gasteiger partial charge on any atom is -0.493 e. The number of rotatable bonds is 8. The predicted octanol–water partition coefficient (Wildman–Crippen LogP) is 2.11. The van der Waals surface area contributed by atoms with E-state index in [1.54, 1.807) is 18.2 Å². The van der Waals surface area contributed by atoms with Crippen LogP contribution in [0.15, 0.2) is 40.4 Å². The minimum absolute atomic E-state index is 0.0245. The van der Waals surface area contributed by atoms with Crippen molar-refractivity contribution in [1.82, 2.24) is 10.2 Å². The van der Waals surface area contributed by atoms with Crippen LogP contribution in [-0.4, -0.2) is 56.2 Å². The maximum Gasteiger partial charge on any atom is 0.373 e. The molecule has 0 bridgehead atoms. The Labute approximate surface area is 188 Å². The number of imide groups is 1. The lowest BCUT2D eigenvalue weighted by molar-refractivity contribution is -0.148. The molecule has 0 aliphatic carbocycles. The Kier molecular flexibility index (Phi) is 7.01. The van der Waals surface area contributed by atoms with Crippen LogP contribution < -0.4 is 14.8 Å². The van der Waals surface area contributed by atoms with E-state index < -0.39 is 30.0 Å². The summed E-state index contributed by atoms with van der Waals surface area (Å²) in [6, 6.07) is 7.10. The van der Waals surface area contributed by atoms with Crippen molar-refractivity contribution >= 4 is 30.0 Å². The van der Waals surface area contributed by atoms with Crippen LogP contribution in [-0.2, 0) is 25.6 Å². The van der Waals surface area contributed by atoms with Gasteiger partial charge in [0.25, 0.3) is 5.91 Å². The van der Waals surface area contributed by atoms with E-state index in [1.807, 2.05) is 0 Å². The number of nitrogens with one attached hydrogen (secondary N) is 1. The molecule has 1 saturated heterocycles. The van der Waals surface area contributed by atoms with Crippen LogP contribution in [0, 0.1) is 0 Å². The molecule has 0 spiro atoms. The Hall–Kier alpha value is -4.28. The summed E-state index contributed by atoms with van der Waals surface area (Å²) in [4.78, 5) is 49.5. The highest BCUT2D eigenvalue weighted by molar-refractivity contribution is 6.14. The molecular weight excluding hydrogens is 436 g/mol. The van der Waals surface area contributed by atoms with Crippen molar-refractivity contribution < 1.29 is 42.5 Å². The van der Waals surface area contributed by atoms with Gasteiger partial charge in [0.15, 0.2) is 17.6 Å². The first-order chi connectivity index (χ1) is 15.8. The second-order valence-corrected chi connectivity index (χ2v) is 6.80. The van der Waals surface area contributed by atoms with E-state index in [9.17, 15) is 19.2 Å². The van der Waals surface area contributed by atoms with Gasteiger partial charge in [-0.3, -0.25) is 9.69 Å². The lowest BCUT2D eigenvalue weighted by Crippen LogP contribution is -2.30. The molecule has 1 aliphatic heterocycles. The summed E-state index contributed by atoms with van der Waals surface area (Å²) in [6.45, 7) is 1.31. The first kappa shape index (κ1) is 23.4. The normalized spacial score (nSPS) is 15.3. The minimum atomic E-state index is -0.947. The number of benzene rings is 1. The molecule has 1 aromatic carbocycles. The van der Waals surface area contributed by atoms with Crippen LogP contribution >= 0.6 is 0 Å². The van der Waals surface area contributed by atoms with Crippen molar-refractivity contribution in [1.29, 1.82) is 0 Å². The molecule has 1 aromatic heterocycles. The number of amides is 3. The monoisotopic (exact) mass is 458 g/mol. The molecule has 2 heterocycles. The molecule has 3 amide bonds. The van der Waals surface area contributed by atoms with Gasteiger partial charge in [-0.15, -0.1) is 0 Å².